The first-order valence-electron chi connectivity index (χ1n) is 5.27. The van der Waals surface area contributed by atoms with E-state index in [1.807, 2.05) is 0 Å². The number of halogens is 2. The first kappa shape index (κ1) is 14.1. The minimum atomic E-state index is -1.09. The SMILES string of the molecule is CC(CC(=O)O)C(=O)N(C)c1ccc(F)c(F)c1. The Morgan fingerprint density at radius 3 is 2.44 bits per heavy atom. The van der Waals surface area contributed by atoms with Gasteiger partial charge in [-0.1, -0.05) is 6.92 Å². The van der Waals surface area contributed by atoms with Crippen molar-refractivity contribution in [3.63, 3.8) is 0 Å². The summed E-state index contributed by atoms with van der Waals surface area (Å²) in [6, 6.07) is 3.06. The van der Waals surface area contributed by atoms with Crippen molar-refractivity contribution in [1.82, 2.24) is 0 Å². The monoisotopic (exact) mass is 257 g/mol. The first-order chi connectivity index (χ1) is 8.32. The van der Waals surface area contributed by atoms with Crippen LogP contribution in [0, 0.1) is 17.6 Å². The van der Waals surface area contributed by atoms with E-state index >= 15 is 0 Å². The van der Waals surface area contributed by atoms with Crippen molar-refractivity contribution < 1.29 is 23.5 Å². The number of carboxylic acid groups (broad SMARTS) is 1. The van der Waals surface area contributed by atoms with Gasteiger partial charge in [0, 0.05) is 24.7 Å². The highest BCUT2D eigenvalue weighted by Gasteiger charge is 2.21. The molecule has 0 bridgehead atoms. The number of aliphatic carboxylic acids is 1. The molecule has 0 saturated heterocycles. The van der Waals surface area contributed by atoms with Crippen LogP contribution >= 0.6 is 0 Å². The third kappa shape index (κ3) is 3.26. The Morgan fingerprint density at radius 1 is 1.33 bits per heavy atom. The molecule has 1 atom stereocenters. The van der Waals surface area contributed by atoms with E-state index in [0.717, 1.165) is 17.0 Å². The molecule has 0 saturated carbocycles. The Kier molecular flexibility index (Phi) is 4.36. The Balaban J connectivity index is 2.85. The molecule has 1 aromatic rings. The normalized spacial score (nSPS) is 12.0. The lowest BCUT2D eigenvalue weighted by molar-refractivity contribution is -0.140. The van der Waals surface area contributed by atoms with Crippen LogP contribution in [0.15, 0.2) is 18.2 Å². The topological polar surface area (TPSA) is 57.6 Å². The number of benzene rings is 1. The van der Waals surface area contributed by atoms with Gasteiger partial charge in [0.2, 0.25) is 5.91 Å². The van der Waals surface area contributed by atoms with Crippen molar-refractivity contribution in [2.24, 2.45) is 5.92 Å². The standard InChI is InChI=1S/C12H13F2NO3/c1-7(5-11(16)17)12(18)15(2)8-3-4-9(13)10(14)6-8/h3-4,6-7H,5H2,1-2H3,(H,16,17). The fourth-order valence-corrected chi connectivity index (χ4v) is 1.50. The average molecular weight is 257 g/mol. The smallest absolute Gasteiger partial charge is 0.304 e. The molecule has 0 spiro atoms. The second-order valence-corrected chi connectivity index (χ2v) is 3.99. The first-order valence-corrected chi connectivity index (χ1v) is 5.27. The van der Waals surface area contributed by atoms with E-state index in [0.29, 0.717) is 0 Å². The predicted molar refractivity (Wildman–Crippen MR) is 61.2 cm³/mol. The fourth-order valence-electron chi connectivity index (χ4n) is 1.50. The van der Waals surface area contributed by atoms with Crippen molar-refractivity contribution in [3.8, 4) is 0 Å². The van der Waals surface area contributed by atoms with Gasteiger partial charge in [-0.15, -0.1) is 0 Å². The molecular weight excluding hydrogens is 244 g/mol. The number of nitrogens with zero attached hydrogens (tertiary/aromatic N) is 1. The number of hydrogen-bond donors (Lipinski definition) is 1. The van der Waals surface area contributed by atoms with Gasteiger partial charge < -0.3 is 10.0 Å². The van der Waals surface area contributed by atoms with Crippen LogP contribution in [0.2, 0.25) is 0 Å². The summed E-state index contributed by atoms with van der Waals surface area (Å²) in [6.45, 7) is 1.47. The largest absolute Gasteiger partial charge is 0.481 e. The predicted octanol–water partition coefficient (Wildman–Crippen LogP) is 2.04. The zero-order valence-electron chi connectivity index (χ0n) is 9.98. The van der Waals surface area contributed by atoms with Crippen molar-refractivity contribution in [3.05, 3.63) is 29.8 Å². The quantitative estimate of drug-likeness (QED) is 0.898. The Morgan fingerprint density at radius 2 is 1.94 bits per heavy atom. The second kappa shape index (κ2) is 5.57. The maximum atomic E-state index is 13.0. The Bertz CT molecular complexity index is 476. The van der Waals surface area contributed by atoms with Crippen molar-refractivity contribution in [2.75, 3.05) is 11.9 Å². The molecular formula is C12H13F2NO3. The Labute approximate surface area is 103 Å². The van der Waals surface area contributed by atoms with Crippen molar-refractivity contribution >= 4 is 17.6 Å². The summed E-state index contributed by atoms with van der Waals surface area (Å²) in [7, 11) is 1.38. The number of anilines is 1. The van der Waals surface area contributed by atoms with Gasteiger partial charge in [-0.2, -0.15) is 0 Å². The summed E-state index contributed by atoms with van der Waals surface area (Å²) < 4.78 is 25.7. The minimum Gasteiger partial charge on any atom is -0.481 e. The van der Waals surface area contributed by atoms with Crippen LogP contribution in [0.25, 0.3) is 0 Å². The highest BCUT2D eigenvalue weighted by atomic mass is 19.2. The highest BCUT2D eigenvalue weighted by molar-refractivity contribution is 5.95. The lowest BCUT2D eigenvalue weighted by Gasteiger charge is -2.20. The van der Waals surface area contributed by atoms with Crippen LogP contribution in [-0.2, 0) is 9.59 Å². The van der Waals surface area contributed by atoms with Gasteiger partial charge in [0.15, 0.2) is 11.6 Å². The van der Waals surface area contributed by atoms with Crippen LogP contribution in [0.4, 0.5) is 14.5 Å². The maximum Gasteiger partial charge on any atom is 0.304 e. The molecule has 18 heavy (non-hydrogen) atoms. The zero-order valence-corrected chi connectivity index (χ0v) is 9.98. The molecule has 0 aliphatic heterocycles. The lowest BCUT2D eigenvalue weighted by Crippen LogP contribution is -2.32. The molecule has 0 aromatic heterocycles. The van der Waals surface area contributed by atoms with E-state index < -0.39 is 29.4 Å². The van der Waals surface area contributed by atoms with Gasteiger partial charge >= 0.3 is 5.97 Å². The number of carboxylic acids is 1. The summed E-state index contributed by atoms with van der Waals surface area (Å²) in [5.74, 6) is -4.35. The molecule has 1 N–H and O–H groups in total. The molecule has 1 rings (SSSR count). The number of rotatable bonds is 4. The number of carbonyl (C=O) groups is 2. The molecule has 0 radical (unpaired) electrons. The second-order valence-electron chi connectivity index (χ2n) is 3.99. The van der Waals surface area contributed by atoms with Crippen LogP contribution in [0.1, 0.15) is 13.3 Å². The van der Waals surface area contributed by atoms with Gasteiger partial charge in [0.25, 0.3) is 0 Å². The lowest BCUT2D eigenvalue weighted by atomic mass is 10.1. The molecule has 6 heteroatoms. The van der Waals surface area contributed by atoms with Crippen LogP contribution < -0.4 is 4.90 Å². The molecule has 0 aliphatic rings. The van der Waals surface area contributed by atoms with E-state index in [2.05, 4.69) is 0 Å². The summed E-state index contributed by atoms with van der Waals surface area (Å²) in [4.78, 5) is 23.4. The van der Waals surface area contributed by atoms with E-state index in [1.54, 1.807) is 0 Å². The van der Waals surface area contributed by atoms with Gasteiger partial charge in [-0.3, -0.25) is 9.59 Å². The average Bonchev–Trinajstić information content (AvgIpc) is 2.30. The van der Waals surface area contributed by atoms with E-state index in [9.17, 15) is 18.4 Å². The van der Waals surface area contributed by atoms with Gasteiger partial charge in [-0.05, 0) is 12.1 Å². The zero-order chi connectivity index (χ0) is 13.9. The fraction of sp³-hybridized carbons (Fsp3) is 0.333. The number of carbonyl (C=O) groups excluding carboxylic acids is 1. The van der Waals surface area contributed by atoms with Gasteiger partial charge in [0.1, 0.15) is 0 Å². The third-order valence-corrected chi connectivity index (χ3v) is 2.52. The number of hydrogen-bond acceptors (Lipinski definition) is 2. The maximum absolute atomic E-state index is 13.0. The van der Waals surface area contributed by atoms with E-state index in [4.69, 9.17) is 5.11 Å². The minimum absolute atomic E-state index is 0.177. The van der Waals surface area contributed by atoms with Crippen molar-refractivity contribution in [1.29, 1.82) is 0 Å². The van der Waals surface area contributed by atoms with Crippen LogP contribution in [-0.4, -0.2) is 24.0 Å². The van der Waals surface area contributed by atoms with Gasteiger partial charge in [0.05, 0.1) is 6.42 Å². The molecule has 0 fully saturated rings. The van der Waals surface area contributed by atoms with Gasteiger partial charge in [-0.25, -0.2) is 8.78 Å². The van der Waals surface area contributed by atoms with E-state index in [-0.39, 0.29) is 12.1 Å². The molecule has 1 unspecified atom stereocenters. The van der Waals surface area contributed by atoms with Crippen molar-refractivity contribution in [2.45, 2.75) is 13.3 Å². The summed E-state index contributed by atoms with van der Waals surface area (Å²) in [6.07, 6.45) is -0.313. The van der Waals surface area contributed by atoms with Crippen LogP contribution in [0.5, 0.6) is 0 Å². The highest BCUT2D eigenvalue weighted by Crippen LogP contribution is 2.19. The molecule has 1 aromatic carbocycles. The summed E-state index contributed by atoms with van der Waals surface area (Å²) in [5.41, 5.74) is 0.177. The van der Waals surface area contributed by atoms with E-state index in [1.165, 1.54) is 20.0 Å². The molecule has 4 nitrogen and oxygen atoms in total. The number of amides is 1. The molecule has 1 amide bonds. The molecule has 98 valence electrons. The third-order valence-electron chi connectivity index (χ3n) is 2.52. The summed E-state index contributed by atoms with van der Waals surface area (Å²) >= 11 is 0. The summed E-state index contributed by atoms with van der Waals surface area (Å²) in [5, 5.41) is 8.59. The van der Waals surface area contributed by atoms with Crippen LogP contribution in [0.3, 0.4) is 0 Å². The Hall–Kier alpha value is -1.98. The molecule has 0 aliphatic carbocycles. The molecule has 0 heterocycles.